The van der Waals surface area contributed by atoms with Crippen LogP contribution < -0.4 is 4.74 Å². The van der Waals surface area contributed by atoms with Gasteiger partial charge in [-0.3, -0.25) is 9.78 Å². The first kappa shape index (κ1) is 23.1. The van der Waals surface area contributed by atoms with E-state index in [1.54, 1.807) is 13.3 Å². The number of carboxylic acid groups (broad SMARTS) is 1. The average molecular weight is 449 g/mol. The van der Waals surface area contributed by atoms with Crippen molar-refractivity contribution in [3.05, 3.63) is 60.0 Å². The summed E-state index contributed by atoms with van der Waals surface area (Å²) >= 11 is 0. The summed E-state index contributed by atoms with van der Waals surface area (Å²) in [6.45, 7) is 2.50. The fraction of sp³-hybridized carbons (Fsp3) is 0.462. The normalized spacial score (nSPS) is 18.9. The number of pyridine rings is 1. The molecule has 1 fully saturated rings. The van der Waals surface area contributed by atoms with Crippen molar-refractivity contribution in [1.29, 1.82) is 0 Å². The van der Waals surface area contributed by atoms with Gasteiger partial charge in [0.2, 0.25) is 0 Å². The quantitative estimate of drug-likeness (QED) is 0.501. The number of piperidine rings is 1. The van der Waals surface area contributed by atoms with Crippen molar-refractivity contribution in [3.8, 4) is 5.75 Å². The lowest BCUT2D eigenvalue weighted by Gasteiger charge is -2.36. The molecule has 33 heavy (non-hydrogen) atoms. The summed E-state index contributed by atoms with van der Waals surface area (Å²) in [4.78, 5) is 18.8. The number of carbonyl (C=O) groups is 1. The molecule has 0 aliphatic carbocycles. The Balaban J connectivity index is 1.29. The topological polar surface area (TPSA) is 88.4 Å². The predicted molar refractivity (Wildman–Crippen MR) is 127 cm³/mol. The minimum Gasteiger partial charge on any atom is -0.497 e. The van der Waals surface area contributed by atoms with Gasteiger partial charge in [-0.15, -0.1) is 0 Å². The third-order valence-corrected chi connectivity index (χ3v) is 6.75. The van der Waals surface area contributed by atoms with Crippen LogP contribution in [0.15, 0.2) is 48.8 Å². The Morgan fingerprint density at radius 3 is 2.88 bits per heavy atom. The highest BCUT2D eigenvalue weighted by atomic mass is 16.5. The first-order valence-electron chi connectivity index (χ1n) is 11.8. The van der Waals surface area contributed by atoms with E-state index >= 15 is 0 Å². The van der Waals surface area contributed by atoms with Crippen molar-refractivity contribution in [3.63, 3.8) is 0 Å². The van der Waals surface area contributed by atoms with E-state index in [-0.39, 0.29) is 11.8 Å². The lowest BCUT2D eigenvalue weighted by atomic mass is 9.81. The van der Waals surface area contributed by atoms with Crippen LogP contribution >= 0.6 is 0 Å². The van der Waals surface area contributed by atoms with Crippen LogP contribution in [0.3, 0.4) is 0 Å². The van der Waals surface area contributed by atoms with Crippen molar-refractivity contribution in [2.75, 3.05) is 26.7 Å². The molecule has 0 saturated carbocycles. The number of aryl methyl sites for hydroxylation is 2. The highest BCUT2D eigenvalue weighted by Crippen LogP contribution is 2.30. The van der Waals surface area contributed by atoms with Crippen molar-refractivity contribution in [2.45, 2.75) is 38.5 Å². The minimum atomic E-state index is -0.669. The van der Waals surface area contributed by atoms with Crippen molar-refractivity contribution in [1.82, 2.24) is 20.1 Å². The Bertz CT molecular complexity index is 1060. The van der Waals surface area contributed by atoms with Gasteiger partial charge in [0, 0.05) is 24.3 Å². The molecule has 7 nitrogen and oxygen atoms in total. The van der Waals surface area contributed by atoms with Crippen LogP contribution in [0.5, 0.6) is 5.75 Å². The maximum Gasteiger partial charge on any atom is 0.308 e. The van der Waals surface area contributed by atoms with Crippen LogP contribution in [0.2, 0.25) is 0 Å². The molecular formula is C26H32N4O3. The predicted octanol–water partition coefficient (Wildman–Crippen LogP) is 4.01. The lowest BCUT2D eigenvalue weighted by Crippen LogP contribution is -2.44. The largest absolute Gasteiger partial charge is 0.497 e. The molecule has 2 atom stereocenters. The Kier molecular flexibility index (Phi) is 7.83. The van der Waals surface area contributed by atoms with Gasteiger partial charge >= 0.3 is 5.97 Å². The molecule has 0 radical (unpaired) electrons. The molecule has 0 unspecified atom stereocenters. The highest BCUT2D eigenvalue weighted by Gasteiger charge is 2.33. The van der Waals surface area contributed by atoms with E-state index in [2.05, 4.69) is 26.1 Å². The summed E-state index contributed by atoms with van der Waals surface area (Å²) in [5, 5.41) is 19.0. The molecule has 1 aromatic carbocycles. The molecule has 1 aliphatic rings. The summed E-state index contributed by atoms with van der Waals surface area (Å²) in [7, 11) is 1.67. The van der Waals surface area contributed by atoms with E-state index < -0.39 is 5.97 Å². The maximum absolute atomic E-state index is 12.0. The average Bonchev–Trinajstić information content (AvgIpc) is 2.85. The van der Waals surface area contributed by atoms with Crippen molar-refractivity contribution < 1.29 is 14.6 Å². The standard InChI is InChI=1S/C26H32N4O3/c1-33-22-9-10-25-23(17-22)19(11-14-27-25)5-2-6-20-12-16-30(18-24(20)26(31)32)15-4-8-21-7-3-13-28-29-21/h3,7,9-11,13-14,17,20,24H,2,4-6,8,12,15-16,18H2,1H3,(H,31,32)/t20-,24+/m1/s1. The SMILES string of the molecule is COc1ccc2nccc(CCC[C@@H]3CCN(CCCc4cccnn4)C[C@@H]3C(=O)O)c2c1. The molecular weight excluding hydrogens is 416 g/mol. The van der Waals surface area contributed by atoms with Crippen LogP contribution in [-0.2, 0) is 17.6 Å². The smallest absolute Gasteiger partial charge is 0.308 e. The number of methoxy groups -OCH3 is 1. The summed E-state index contributed by atoms with van der Waals surface area (Å²) in [5.41, 5.74) is 3.20. The number of benzene rings is 1. The molecule has 0 spiro atoms. The number of hydrogen-bond donors (Lipinski definition) is 1. The molecule has 7 heteroatoms. The fourth-order valence-electron chi connectivity index (χ4n) is 4.93. The van der Waals surface area contributed by atoms with E-state index in [4.69, 9.17) is 4.74 Å². The van der Waals surface area contributed by atoms with E-state index in [1.165, 1.54) is 5.56 Å². The zero-order valence-corrected chi connectivity index (χ0v) is 19.2. The summed E-state index contributed by atoms with van der Waals surface area (Å²) in [5.74, 6) is 0.0815. The van der Waals surface area contributed by atoms with Crippen LogP contribution in [-0.4, -0.2) is 57.9 Å². The number of carboxylic acids is 1. The van der Waals surface area contributed by atoms with E-state index in [0.717, 1.165) is 74.0 Å². The van der Waals surface area contributed by atoms with E-state index in [1.807, 2.05) is 36.5 Å². The van der Waals surface area contributed by atoms with Crippen LogP contribution in [0.4, 0.5) is 0 Å². The summed E-state index contributed by atoms with van der Waals surface area (Å²) in [6.07, 6.45) is 9.12. The third-order valence-electron chi connectivity index (χ3n) is 6.75. The summed E-state index contributed by atoms with van der Waals surface area (Å²) in [6, 6.07) is 11.9. The molecule has 1 aliphatic heterocycles. The van der Waals surface area contributed by atoms with Gasteiger partial charge in [-0.25, -0.2) is 0 Å². The highest BCUT2D eigenvalue weighted by molar-refractivity contribution is 5.83. The van der Waals surface area contributed by atoms with Gasteiger partial charge in [0.25, 0.3) is 0 Å². The van der Waals surface area contributed by atoms with E-state index in [0.29, 0.717) is 6.54 Å². The molecule has 174 valence electrons. The number of hydrogen-bond acceptors (Lipinski definition) is 6. The monoisotopic (exact) mass is 448 g/mol. The maximum atomic E-state index is 12.0. The second-order valence-corrected chi connectivity index (χ2v) is 8.86. The summed E-state index contributed by atoms with van der Waals surface area (Å²) < 4.78 is 5.38. The molecule has 0 bridgehead atoms. The second kappa shape index (κ2) is 11.2. The van der Waals surface area contributed by atoms with Crippen molar-refractivity contribution >= 4 is 16.9 Å². The number of likely N-dealkylation sites (tertiary alicyclic amines) is 1. The van der Waals surface area contributed by atoms with Gasteiger partial charge in [0.1, 0.15) is 5.75 Å². The number of ether oxygens (including phenoxy) is 1. The van der Waals surface area contributed by atoms with Gasteiger partial charge in [0.15, 0.2) is 0 Å². The molecule has 0 amide bonds. The van der Waals surface area contributed by atoms with Gasteiger partial charge in [0.05, 0.1) is 24.2 Å². The molecule has 1 saturated heterocycles. The molecule has 3 aromatic rings. The minimum absolute atomic E-state index is 0.223. The number of fused-ring (bicyclic) bond motifs is 1. The molecule has 4 rings (SSSR count). The number of aliphatic carboxylic acids is 1. The van der Waals surface area contributed by atoms with Gasteiger partial charge in [-0.05, 0) is 99.5 Å². The van der Waals surface area contributed by atoms with Gasteiger partial charge in [-0.2, -0.15) is 10.2 Å². The first-order chi connectivity index (χ1) is 16.1. The van der Waals surface area contributed by atoms with E-state index in [9.17, 15) is 9.90 Å². The van der Waals surface area contributed by atoms with Crippen LogP contribution in [0, 0.1) is 11.8 Å². The molecule has 2 aromatic heterocycles. The second-order valence-electron chi connectivity index (χ2n) is 8.86. The first-order valence-corrected chi connectivity index (χ1v) is 11.8. The molecule has 1 N–H and O–H groups in total. The number of aromatic nitrogens is 3. The Morgan fingerprint density at radius 2 is 2.09 bits per heavy atom. The number of nitrogens with zero attached hydrogens (tertiary/aromatic N) is 4. The van der Waals surface area contributed by atoms with Crippen molar-refractivity contribution in [2.24, 2.45) is 11.8 Å². The van der Waals surface area contributed by atoms with Crippen LogP contribution in [0.1, 0.15) is 36.9 Å². The zero-order chi connectivity index (χ0) is 23.0. The van der Waals surface area contributed by atoms with Crippen LogP contribution in [0.25, 0.3) is 10.9 Å². The number of rotatable bonds is 10. The Hall–Kier alpha value is -3.06. The fourth-order valence-corrected chi connectivity index (χ4v) is 4.93. The Labute approximate surface area is 194 Å². The van der Waals surface area contributed by atoms with Gasteiger partial charge in [-0.1, -0.05) is 0 Å². The lowest BCUT2D eigenvalue weighted by molar-refractivity contribution is -0.146. The zero-order valence-electron chi connectivity index (χ0n) is 19.2. The van der Waals surface area contributed by atoms with Gasteiger partial charge < -0.3 is 14.7 Å². The third kappa shape index (κ3) is 6.05. The Morgan fingerprint density at radius 1 is 1.18 bits per heavy atom. The molecule has 3 heterocycles.